The van der Waals surface area contributed by atoms with Gasteiger partial charge in [-0.2, -0.15) is 0 Å². The molecule has 2 aliphatic heterocycles. The maximum Gasteiger partial charge on any atom is 0.291 e. The summed E-state index contributed by atoms with van der Waals surface area (Å²) in [5.74, 6) is -7.98. The summed E-state index contributed by atoms with van der Waals surface area (Å²) in [7, 11) is 2.84. The van der Waals surface area contributed by atoms with E-state index < -0.39 is 87.1 Å². The van der Waals surface area contributed by atoms with Gasteiger partial charge < -0.3 is 20.4 Å². The van der Waals surface area contributed by atoms with Crippen molar-refractivity contribution in [3.05, 3.63) is 65.2 Å². The molecule has 252 valence electrons. The lowest BCUT2D eigenvalue weighted by Gasteiger charge is -2.32. The van der Waals surface area contributed by atoms with Gasteiger partial charge in [0.2, 0.25) is 17.6 Å². The lowest BCUT2D eigenvalue weighted by molar-refractivity contribution is -0.149. The van der Waals surface area contributed by atoms with E-state index in [0.29, 0.717) is 11.3 Å². The molecular formula is C35H42F2N4O6. The smallest absolute Gasteiger partial charge is 0.291 e. The first-order chi connectivity index (χ1) is 21.9. The van der Waals surface area contributed by atoms with E-state index in [9.17, 15) is 37.5 Å². The van der Waals surface area contributed by atoms with E-state index in [2.05, 4.69) is 10.6 Å². The van der Waals surface area contributed by atoms with Crippen LogP contribution in [0.4, 0.5) is 14.5 Å². The van der Waals surface area contributed by atoms with Gasteiger partial charge in [0.25, 0.3) is 11.8 Å². The molecule has 0 aromatic heterocycles. The Morgan fingerprint density at radius 1 is 1.02 bits per heavy atom. The Labute approximate surface area is 273 Å². The third-order valence-electron chi connectivity index (χ3n) is 8.83. The second-order valence-electron chi connectivity index (χ2n) is 14.3. The minimum Gasteiger partial charge on any atom is -0.342 e. The number of anilines is 1. The number of para-hydroxylation sites is 1. The molecule has 2 heterocycles. The predicted molar refractivity (Wildman–Crippen MR) is 170 cm³/mol. The number of hydrogen-bond donors (Lipinski definition) is 2. The normalized spacial score (nSPS) is 20.1. The van der Waals surface area contributed by atoms with Crippen LogP contribution in [0.25, 0.3) is 0 Å². The van der Waals surface area contributed by atoms with Crippen molar-refractivity contribution in [2.45, 2.75) is 71.4 Å². The van der Waals surface area contributed by atoms with Crippen LogP contribution in [-0.2, 0) is 29.4 Å². The van der Waals surface area contributed by atoms with Crippen LogP contribution in [0, 0.1) is 28.9 Å². The number of carbonyl (C=O) groups is 6. The lowest BCUT2D eigenvalue weighted by atomic mass is 9.79. The molecule has 0 saturated carbocycles. The number of rotatable bonds is 10. The summed E-state index contributed by atoms with van der Waals surface area (Å²) in [6.07, 6.45) is -0.296. The largest absolute Gasteiger partial charge is 0.342 e. The molecule has 2 aromatic rings. The Morgan fingerprint density at radius 3 is 2.21 bits per heavy atom. The molecule has 47 heavy (non-hydrogen) atoms. The van der Waals surface area contributed by atoms with Crippen molar-refractivity contribution in [1.82, 2.24) is 15.1 Å². The molecule has 2 aromatic carbocycles. The zero-order valence-corrected chi connectivity index (χ0v) is 27.8. The van der Waals surface area contributed by atoms with Crippen molar-refractivity contribution < 1.29 is 37.5 Å². The number of benzene rings is 2. The van der Waals surface area contributed by atoms with Gasteiger partial charge in [-0.05, 0) is 47.9 Å². The number of Topliss-reactive ketones (excluding diaryl/α,β-unsaturated/α-hetero) is 2. The zero-order valence-electron chi connectivity index (χ0n) is 27.8. The second kappa shape index (κ2) is 13.3. The van der Waals surface area contributed by atoms with Gasteiger partial charge in [-0.25, -0.2) is 8.78 Å². The summed E-state index contributed by atoms with van der Waals surface area (Å²) in [6, 6.07) is 7.52. The minimum atomic E-state index is -1.28. The van der Waals surface area contributed by atoms with Gasteiger partial charge >= 0.3 is 0 Å². The number of carbonyl (C=O) groups excluding carboxylic acids is 6. The third-order valence-corrected chi connectivity index (χ3v) is 8.83. The molecule has 1 fully saturated rings. The van der Waals surface area contributed by atoms with E-state index in [1.54, 1.807) is 38.1 Å². The summed E-state index contributed by atoms with van der Waals surface area (Å²) >= 11 is 0. The molecule has 0 aliphatic carbocycles. The Balaban J connectivity index is 1.69. The number of hydrogen-bond acceptors (Lipinski definition) is 6. The fourth-order valence-corrected chi connectivity index (χ4v) is 6.61. The van der Waals surface area contributed by atoms with Crippen LogP contribution in [0.1, 0.15) is 69.8 Å². The third kappa shape index (κ3) is 7.11. The highest BCUT2D eigenvalue weighted by molar-refractivity contribution is 6.38. The predicted octanol–water partition coefficient (Wildman–Crippen LogP) is 3.88. The number of halogens is 2. The molecule has 0 unspecified atom stereocenters. The first kappa shape index (κ1) is 35.4. The molecule has 1 saturated heterocycles. The summed E-state index contributed by atoms with van der Waals surface area (Å²) in [4.78, 5) is 83.7. The molecule has 4 rings (SSSR count). The van der Waals surface area contributed by atoms with Crippen LogP contribution in [0.15, 0.2) is 42.5 Å². The van der Waals surface area contributed by atoms with E-state index in [0.717, 1.165) is 23.1 Å². The number of likely N-dealkylation sites (N-methyl/N-ethyl adjacent to an activating group) is 1. The van der Waals surface area contributed by atoms with Crippen molar-refractivity contribution in [3.63, 3.8) is 0 Å². The van der Waals surface area contributed by atoms with Crippen molar-refractivity contribution in [2.75, 3.05) is 26.0 Å². The highest BCUT2D eigenvalue weighted by Gasteiger charge is 2.58. The van der Waals surface area contributed by atoms with E-state index in [1.807, 2.05) is 20.8 Å². The van der Waals surface area contributed by atoms with Gasteiger partial charge in [-0.1, -0.05) is 58.9 Å². The van der Waals surface area contributed by atoms with Crippen LogP contribution in [0.2, 0.25) is 0 Å². The molecular weight excluding hydrogens is 610 g/mol. The average molecular weight is 653 g/mol. The van der Waals surface area contributed by atoms with Crippen molar-refractivity contribution >= 4 is 40.9 Å². The summed E-state index contributed by atoms with van der Waals surface area (Å²) in [6.45, 7) is 8.77. The van der Waals surface area contributed by atoms with Crippen LogP contribution >= 0.6 is 0 Å². The van der Waals surface area contributed by atoms with Gasteiger partial charge in [0.1, 0.15) is 23.2 Å². The monoisotopic (exact) mass is 652 g/mol. The molecule has 0 bridgehead atoms. The molecule has 4 amide bonds. The van der Waals surface area contributed by atoms with Gasteiger partial charge in [0.15, 0.2) is 5.78 Å². The van der Waals surface area contributed by atoms with E-state index >= 15 is 0 Å². The van der Waals surface area contributed by atoms with Crippen LogP contribution in [0.5, 0.6) is 0 Å². The summed E-state index contributed by atoms with van der Waals surface area (Å²) < 4.78 is 28.7. The average Bonchev–Trinajstić information content (AvgIpc) is 3.51. The lowest BCUT2D eigenvalue weighted by Crippen LogP contribution is -2.50. The standard InChI is InChI=1S/C35H42F2N4O6/c1-19(2)28(39-30(44)27-22(36)12-10-13-23(27)37)26(42)15-20(16-34(3,4)5)31(45)41-18-35(17-25(41)29(43)32(46)40(6)7)21-11-8-9-14-24(21)38-33(35)47/h8-14,19-20,25,28H,15-18H2,1-7H3,(H,38,47)(H,39,44)/t20-,25-,28-,35-/m0/s1. The minimum absolute atomic E-state index is 0.116. The van der Waals surface area contributed by atoms with Crippen LogP contribution < -0.4 is 10.6 Å². The quantitative estimate of drug-likeness (QED) is 0.375. The highest BCUT2D eigenvalue weighted by atomic mass is 19.1. The SMILES string of the molecule is CC(C)[C@H](NC(=O)c1c(F)cccc1F)C(=O)C[C@@H](CC(C)(C)C)C(=O)N1C[C@]2(C[C@H]1C(=O)C(=O)N(C)C)C(=O)Nc1ccccc12. The van der Waals surface area contributed by atoms with Gasteiger partial charge in [0.05, 0.1) is 11.5 Å². The zero-order chi connectivity index (χ0) is 35.0. The first-order valence-electron chi connectivity index (χ1n) is 15.6. The van der Waals surface area contributed by atoms with Crippen molar-refractivity contribution in [2.24, 2.45) is 17.3 Å². The maximum absolute atomic E-state index is 14.5. The van der Waals surface area contributed by atoms with E-state index in [1.165, 1.54) is 19.0 Å². The van der Waals surface area contributed by atoms with Gasteiger partial charge in [-0.15, -0.1) is 0 Å². The Hall–Kier alpha value is -4.48. The van der Waals surface area contributed by atoms with Crippen molar-refractivity contribution in [1.29, 1.82) is 0 Å². The Morgan fingerprint density at radius 2 is 1.64 bits per heavy atom. The topological polar surface area (TPSA) is 133 Å². The van der Waals surface area contributed by atoms with Crippen molar-refractivity contribution in [3.8, 4) is 0 Å². The van der Waals surface area contributed by atoms with Gasteiger partial charge in [0, 0.05) is 38.7 Å². The molecule has 0 radical (unpaired) electrons. The fraction of sp³-hybridized carbons (Fsp3) is 0.486. The number of amides is 4. The second-order valence-corrected chi connectivity index (χ2v) is 14.3. The van der Waals surface area contributed by atoms with E-state index in [4.69, 9.17) is 0 Å². The van der Waals surface area contributed by atoms with Crippen LogP contribution in [0.3, 0.4) is 0 Å². The fourth-order valence-electron chi connectivity index (χ4n) is 6.61. The molecule has 1 spiro atoms. The summed E-state index contributed by atoms with van der Waals surface area (Å²) in [5, 5.41) is 5.29. The summed E-state index contributed by atoms with van der Waals surface area (Å²) in [5.41, 5.74) is -1.42. The van der Waals surface area contributed by atoms with Crippen LogP contribution in [-0.4, -0.2) is 77.7 Å². The molecule has 2 aliphatic rings. The molecule has 4 atom stereocenters. The number of ketones is 2. The number of nitrogens with one attached hydrogen (secondary N) is 2. The Bertz CT molecular complexity index is 1600. The van der Waals surface area contributed by atoms with E-state index in [-0.39, 0.29) is 25.8 Å². The maximum atomic E-state index is 14.5. The Kier molecular flexibility index (Phi) is 10.0. The number of fused-ring (bicyclic) bond motifs is 2. The highest BCUT2D eigenvalue weighted by Crippen LogP contribution is 2.47. The number of likely N-dealkylation sites (tertiary alicyclic amines) is 1. The molecule has 10 nitrogen and oxygen atoms in total. The molecule has 12 heteroatoms. The molecule has 2 N–H and O–H groups in total. The number of nitrogens with zero attached hydrogens (tertiary/aromatic N) is 2. The first-order valence-corrected chi connectivity index (χ1v) is 15.6. The van der Waals surface area contributed by atoms with Gasteiger partial charge in [-0.3, -0.25) is 28.8 Å².